The van der Waals surface area contributed by atoms with Gasteiger partial charge in [-0.1, -0.05) is 6.92 Å². The lowest BCUT2D eigenvalue weighted by Gasteiger charge is -2.12. The van der Waals surface area contributed by atoms with Gasteiger partial charge in [-0.25, -0.2) is 0 Å². The summed E-state index contributed by atoms with van der Waals surface area (Å²) in [7, 11) is 0. The molecule has 0 aliphatic carbocycles. The summed E-state index contributed by atoms with van der Waals surface area (Å²) in [5.41, 5.74) is 0.633. The van der Waals surface area contributed by atoms with E-state index in [1.54, 1.807) is 17.8 Å². The molecule has 94 valence electrons. The first-order valence-electron chi connectivity index (χ1n) is 5.30. The van der Waals surface area contributed by atoms with Gasteiger partial charge in [0.25, 0.3) is 5.91 Å². The summed E-state index contributed by atoms with van der Waals surface area (Å²) >= 11 is 9.39. The van der Waals surface area contributed by atoms with Gasteiger partial charge in [0.1, 0.15) is 0 Å². The number of hydrogen-bond donors (Lipinski definition) is 2. The summed E-state index contributed by atoms with van der Waals surface area (Å²) in [4.78, 5) is 12.7. The molecule has 0 fully saturated rings. The Morgan fingerprint density at radius 1 is 1.59 bits per heavy atom. The molecule has 1 amide bonds. The highest BCUT2D eigenvalue weighted by molar-refractivity contribution is 9.10. The molecule has 1 aromatic carbocycles. The summed E-state index contributed by atoms with van der Waals surface area (Å²) in [6.07, 6.45) is 2.07. The van der Waals surface area contributed by atoms with Gasteiger partial charge in [0.05, 0.1) is 5.56 Å². The highest BCUT2D eigenvalue weighted by Crippen LogP contribution is 2.20. The third-order valence-electron chi connectivity index (χ3n) is 2.26. The lowest BCUT2D eigenvalue weighted by atomic mass is 10.2. The highest BCUT2D eigenvalue weighted by Gasteiger charge is 2.11. The molecule has 0 bridgehead atoms. The van der Waals surface area contributed by atoms with E-state index in [0.29, 0.717) is 18.0 Å². The van der Waals surface area contributed by atoms with Crippen molar-refractivity contribution in [1.82, 2.24) is 5.32 Å². The van der Waals surface area contributed by atoms with E-state index in [1.807, 2.05) is 12.1 Å². The lowest BCUT2D eigenvalue weighted by molar-refractivity contribution is 0.0948. The Balaban J connectivity index is 2.61. The first-order chi connectivity index (χ1) is 8.04. The van der Waals surface area contributed by atoms with E-state index in [2.05, 4.69) is 47.1 Å². The number of carbonyl (C=O) groups is 1. The molecule has 1 rings (SSSR count). The molecule has 0 saturated heterocycles. The largest absolute Gasteiger partial charge is 0.352 e. The topological polar surface area (TPSA) is 29.1 Å². The molecule has 1 N–H and O–H groups in total. The van der Waals surface area contributed by atoms with E-state index < -0.39 is 0 Å². The number of halogens is 1. The predicted molar refractivity (Wildman–Crippen MR) is 81.3 cm³/mol. The molecule has 0 radical (unpaired) electrons. The third kappa shape index (κ3) is 4.94. The predicted octanol–water partition coefficient (Wildman–Crippen LogP) is 3.47. The van der Waals surface area contributed by atoms with Crippen LogP contribution in [0.2, 0.25) is 0 Å². The lowest BCUT2D eigenvalue weighted by Crippen LogP contribution is -2.29. The van der Waals surface area contributed by atoms with E-state index in [1.165, 1.54) is 0 Å². The molecular weight excluding hydrogens is 318 g/mol. The van der Waals surface area contributed by atoms with Crippen LogP contribution in [0.15, 0.2) is 27.6 Å². The molecule has 2 nitrogen and oxygen atoms in total. The molecule has 1 atom stereocenters. The molecular formula is C12H16BrNOS2. The highest BCUT2D eigenvalue weighted by atomic mass is 79.9. The number of nitrogens with one attached hydrogen (secondary N) is 1. The molecule has 0 heterocycles. The molecule has 1 unspecified atom stereocenters. The summed E-state index contributed by atoms with van der Waals surface area (Å²) in [6.45, 7) is 2.82. The molecule has 0 aliphatic rings. The minimum absolute atomic E-state index is 0.0549. The fourth-order valence-electron chi connectivity index (χ4n) is 1.39. The van der Waals surface area contributed by atoms with Crippen molar-refractivity contribution in [2.45, 2.75) is 11.8 Å². The quantitative estimate of drug-likeness (QED) is 0.808. The van der Waals surface area contributed by atoms with Gasteiger partial charge < -0.3 is 5.32 Å². The SMILES string of the molecule is CSCC(C)CNC(=O)c1cc(S)ccc1Br. The Kier molecular flexibility index (Phi) is 6.44. The Hall–Kier alpha value is -0.130. The van der Waals surface area contributed by atoms with E-state index in [9.17, 15) is 4.79 Å². The van der Waals surface area contributed by atoms with Crippen LogP contribution in [0.25, 0.3) is 0 Å². The first kappa shape index (κ1) is 14.9. The van der Waals surface area contributed by atoms with Gasteiger partial charge >= 0.3 is 0 Å². The van der Waals surface area contributed by atoms with Crippen molar-refractivity contribution in [3.05, 3.63) is 28.2 Å². The maximum atomic E-state index is 11.9. The van der Waals surface area contributed by atoms with Gasteiger partial charge in [0, 0.05) is 15.9 Å². The standard InChI is InChI=1S/C12H16BrNOS2/c1-8(7-17-2)6-14-12(15)10-5-9(16)3-4-11(10)13/h3-5,8,16H,6-7H2,1-2H3,(H,14,15). The first-order valence-corrected chi connectivity index (χ1v) is 7.93. The second-order valence-corrected chi connectivity index (χ2v) is 6.22. The average Bonchev–Trinajstić information content (AvgIpc) is 2.29. The zero-order valence-electron chi connectivity index (χ0n) is 9.87. The molecule has 1 aromatic rings. The molecule has 0 aliphatic heterocycles. The maximum absolute atomic E-state index is 11.9. The Bertz CT molecular complexity index is 398. The van der Waals surface area contributed by atoms with Gasteiger partial charge in [-0.2, -0.15) is 11.8 Å². The van der Waals surface area contributed by atoms with Crippen LogP contribution < -0.4 is 5.32 Å². The zero-order chi connectivity index (χ0) is 12.8. The minimum atomic E-state index is -0.0549. The van der Waals surface area contributed by atoms with Gasteiger partial charge in [-0.15, -0.1) is 12.6 Å². The van der Waals surface area contributed by atoms with Crippen LogP contribution in [-0.2, 0) is 0 Å². The van der Waals surface area contributed by atoms with Crippen LogP contribution in [0.5, 0.6) is 0 Å². The average molecular weight is 334 g/mol. The molecule has 5 heteroatoms. The number of thioether (sulfide) groups is 1. The normalized spacial score (nSPS) is 12.2. The zero-order valence-corrected chi connectivity index (χ0v) is 13.2. The fourth-order valence-corrected chi connectivity index (χ4v) is 2.71. The van der Waals surface area contributed by atoms with Crippen molar-refractivity contribution in [1.29, 1.82) is 0 Å². The second kappa shape index (κ2) is 7.34. The number of carbonyl (C=O) groups excluding carboxylic acids is 1. The van der Waals surface area contributed by atoms with Crippen LogP contribution in [-0.4, -0.2) is 24.5 Å². The van der Waals surface area contributed by atoms with Gasteiger partial charge in [-0.05, 0) is 52.1 Å². The smallest absolute Gasteiger partial charge is 0.252 e. The van der Waals surface area contributed by atoms with Gasteiger partial charge in [0.15, 0.2) is 0 Å². The van der Waals surface area contributed by atoms with E-state index in [-0.39, 0.29) is 5.91 Å². The van der Waals surface area contributed by atoms with Crippen LogP contribution in [0.1, 0.15) is 17.3 Å². The molecule has 0 spiro atoms. The number of benzene rings is 1. The summed E-state index contributed by atoms with van der Waals surface area (Å²) < 4.78 is 0.797. The molecule has 0 aromatic heterocycles. The third-order valence-corrected chi connectivity index (χ3v) is 4.13. The number of amides is 1. The molecule has 0 saturated carbocycles. The number of thiol groups is 1. The minimum Gasteiger partial charge on any atom is -0.352 e. The van der Waals surface area contributed by atoms with Crippen molar-refractivity contribution in [2.24, 2.45) is 5.92 Å². The molecule has 17 heavy (non-hydrogen) atoms. The van der Waals surface area contributed by atoms with Gasteiger partial charge in [0.2, 0.25) is 0 Å². The van der Waals surface area contributed by atoms with Crippen LogP contribution in [0.3, 0.4) is 0 Å². The van der Waals surface area contributed by atoms with Crippen LogP contribution >= 0.6 is 40.3 Å². The Morgan fingerprint density at radius 3 is 2.94 bits per heavy atom. The summed E-state index contributed by atoms with van der Waals surface area (Å²) in [5, 5.41) is 2.94. The van der Waals surface area contributed by atoms with Crippen LogP contribution in [0, 0.1) is 5.92 Å². The van der Waals surface area contributed by atoms with Crippen molar-refractivity contribution >= 4 is 46.2 Å². The monoisotopic (exact) mass is 333 g/mol. The number of rotatable bonds is 5. The fraction of sp³-hybridized carbons (Fsp3) is 0.417. The Labute approximate surface area is 120 Å². The van der Waals surface area contributed by atoms with Crippen molar-refractivity contribution in [2.75, 3.05) is 18.6 Å². The van der Waals surface area contributed by atoms with Crippen molar-refractivity contribution in [3.8, 4) is 0 Å². The van der Waals surface area contributed by atoms with E-state index >= 15 is 0 Å². The van der Waals surface area contributed by atoms with Gasteiger partial charge in [-0.3, -0.25) is 4.79 Å². The van der Waals surface area contributed by atoms with Crippen LogP contribution in [0.4, 0.5) is 0 Å². The maximum Gasteiger partial charge on any atom is 0.252 e. The summed E-state index contributed by atoms with van der Waals surface area (Å²) in [5.74, 6) is 1.47. The van der Waals surface area contributed by atoms with Crippen molar-refractivity contribution in [3.63, 3.8) is 0 Å². The van der Waals surface area contributed by atoms with E-state index in [4.69, 9.17) is 0 Å². The number of hydrogen-bond acceptors (Lipinski definition) is 3. The second-order valence-electron chi connectivity index (χ2n) is 3.93. The Morgan fingerprint density at radius 2 is 2.29 bits per heavy atom. The van der Waals surface area contributed by atoms with Crippen molar-refractivity contribution < 1.29 is 4.79 Å². The summed E-state index contributed by atoms with van der Waals surface area (Å²) in [6, 6.07) is 5.45. The van der Waals surface area contributed by atoms with E-state index in [0.717, 1.165) is 15.1 Å².